The molecule has 3 rings (SSSR count). The second-order valence-corrected chi connectivity index (χ2v) is 7.28. The molecule has 1 aliphatic rings. The van der Waals surface area contributed by atoms with Crippen molar-refractivity contribution in [1.29, 1.82) is 0 Å². The average Bonchev–Trinajstić information content (AvgIpc) is 2.78. The molecule has 164 valence electrons. The fraction of sp³-hybridized carbons (Fsp3) is 0.571. The third-order valence-corrected chi connectivity index (χ3v) is 5.26. The monoisotopic (exact) mass is 417 g/mol. The van der Waals surface area contributed by atoms with Crippen LogP contribution in [0.25, 0.3) is 10.9 Å². The van der Waals surface area contributed by atoms with Crippen LogP contribution in [0.15, 0.2) is 12.1 Å². The molecule has 9 heteroatoms. The molecule has 2 heterocycles. The number of nitrogens with two attached hydrogens (primary N) is 1. The van der Waals surface area contributed by atoms with Gasteiger partial charge in [-0.2, -0.15) is 4.98 Å². The standard InChI is InChI=1S/C21H31N5O4/c1-4-5-6-7-12-30-21(27)26-10-8-25(9-11-26)20-23-16-14-18(29-3)17(28-2)13-15(16)19(22)24-20/h13-14H,4-12H2,1-3H3,(H2,22,23,24). The second kappa shape index (κ2) is 10.2. The van der Waals surface area contributed by atoms with Crippen molar-refractivity contribution in [3.05, 3.63) is 12.1 Å². The first-order valence-corrected chi connectivity index (χ1v) is 10.4. The lowest BCUT2D eigenvalue weighted by Crippen LogP contribution is -2.49. The molecular formula is C21H31N5O4. The van der Waals surface area contributed by atoms with Crippen molar-refractivity contribution in [3.63, 3.8) is 0 Å². The van der Waals surface area contributed by atoms with Gasteiger partial charge in [-0.15, -0.1) is 0 Å². The second-order valence-electron chi connectivity index (χ2n) is 7.28. The first kappa shape index (κ1) is 21.7. The van der Waals surface area contributed by atoms with Crippen LogP contribution >= 0.6 is 0 Å². The topological polar surface area (TPSA) is 103 Å². The Balaban J connectivity index is 1.63. The van der Waals surface area contributed by atoms with Gasteiger partial charge in [-0.05, 0) is 12.5 Å². The summed E-state index contributed by atoms with van der Waals surface area (Å²) >= 11 is 0. The SMILES string of the molecule is CCCCCCOC(=O)N1CCN(c2nc(N)c3cc(OC)c(OC)cc3n2)CC1. The van der Waals surface area contributed by atoms with Crippen LogP contribution < -0.4 is 20.1 Å². The Bertz CT molecular complexity index is 868. The minimum Gasteiger partial charge on any atom is -0.493 e. The molecule has 1 saturated heterocycles. The number of carbonyl (C=O) groups is 1. The number of piperazine rings is 1. The zero-order chi connectivity index (χ0) is 21.5. The highest BCUT2D eigenvalue weighted by Gasteiger charge is 2.24. The summed E-state index contributed by atoms with van der Waals surface area (Å²) in [7, 11) is 3.15. The molecule has 1 aromatic heterocycles. The quantitative estimate of drug-likeness (QED) is 0.654. The number of nitrogen functional groups attached to an aromatic ring is 1. The Hall–Kier alpha value is -2.97. The lowest BCUT2D eigenvalue weighted by Gasteiger charge is -2.34. The Labute approximate surface area is 177 Å². The smallest absolute Gasteiger partial charge is 0.409 e. The molecule has 9 nitrogen and oxygen atoms in total. The first-order valence-electron chi connectivity index (χ1n) is 10.4. The van der Waals surface area contributed by atoms with E-state index in [-0.39, 0.29) is 6.09 Å². The van der Waals surface area contributed by atoms with Crippen LogP contribution in [0.2, 0.25) is 0 Å². The molecule has 0 radical (unpaired) electrons. The van der Waals surface area contributed by atoms with E-state index in [2.05, 4.69) is 16.9 Å². The minimum atomic E-state index is -0.248. The van der Waals surface area contributed by atoms with Crippen LogP contribution in [0.3, 0.4) is 0 Å². The van der Waals surface area contributed by atoms with Gasteiger partial charge in [0.25, 0.3) is 0 Å². The maximum absolute atomic E-state index is 12.2. The summed E-state index contributed by atoms with van der Waals surface area (Å²) in [4.78, 5) is 25.1. The van der Waals surface area contributed by atoms with Gasteiger partial charge in [-0.3, -0.25) is 0 Å². The summed E-state index contributed by atoms with van der Waals surface area (Å²) in [6.07, 6.45) is 4.09. The van der Waals surface area contributed by atoms with E-state index in [0.29, 0.717) is 67.0 Å². The van der Waals surface area contributed by atoms with Crippen molar-refractivity contribution in [2.45, 2.75) is 32.6 Å². The molecule has 0 aliphatic carbocycles. The molecule has 0 saturated carbocycles. The highest BCUT2D eigenvalue weighted by Crippen LogP contribution is 2.34. The lowest BCUT2D eigenvalue weighted by molar-refractivity contribution is 0.0983. The molecule has 0 atom stereocenters. The van der Waals surface area contributed by atoms with Crippen molar-refractivity contribution in [3.8, 4) is 11.5 Å². The third kappa shape index (κ3) is 4.95. The fourth-order valence-electron chi connectivity index (χ4n) is 3.48. The number of ether oxygens (including phenoxy) is 3. The van der Waals surface area contributed by atoms with E-state index in [9.17, 15) is 4.79 Å². The molecule has 30 heavy (non-hydrogen) atoms. The Morgan fingerprint density at radius 1 is 1.03 bits per heavy atom. The zero-order valence-electron chi connectivity index (χ0n) is 18.0. The van der Waals surface area contributed by atoms with Gasteiger partial charge < -0.3 is 29.7 Å². The highest BCUT2D eigenvalue weighted by molar-refractivity contribution is 5.91. The van der Waals surface area contributed by atoms with Crippen LogP contribution in [0, 0.1) is 0 Å². The van der Waals surface area contributed by atoms with E-state index in [4.69, 9.17) is 19.9 Å². The van der Waals surface area contributed by atoms with Crippen LogP contribution in [0.4, 0.5) is 16.6 Å². The molecule has 1 aliphatic heterocycles. The lowest BCUT2D eigenvalue weighted by atomic mass is 10.2. The predicted octanol–water partition coefficient (Wildman–Crippen LogP) is 3.07. The van der Waals surface area contributed by atoms with Gasteiger partial charge in [0.05, 0.1) is 26.3 Å². The molecular weight excluding hydrogens is 386 g/mol. The minimum absolute atomic E-state index is 0.248. The first-order chi connectivity index (χ1) is 14.6. The number of unbranched alkanes of at least 4 members (excludes halogenated alkanes) is 3. The highest BCUT2D eigenvalue weighted by atomic mass is 16.6. The predicted molar refractivity (Wildman–Crippen MR) is 116 cm³/mol. The number of carbonyl (C=O) groups excluding carboxylic acids is 1. The Morgan fingerprint density at radius 3 is 2.40 bits per heavy atom. The molecule has 1 amide bonds. The number of aromatic nitrogens is 2. The van der Waals surface area contributed by atoms with Crippen LogP contribution in [-0.4, -0.2) is 68.0 Å². The van der Waals surface area contributed by atoms with Crippen molar-refractivity contribution in [1.82, 2.24) is 14.9 Å². The molecule has 0 bridgehead atoms. The molecule has 0 spiro atoms. The molecule has 2 aromatic rings. The molecule has 1 fully saturated rings. The molecule has 2 N–H and O–H groups in total. The van der Waals surface area contributed by atoms with Gasteiger partial charge in [-0.1, -0.05) is 26.2 Å². The Morgan fingerprint density at radius 2 is 1.73 bits per heavy atom. The van der Waals surface area contributed by atoms with E-state index < -0.39 is 0 Å². The maximum atomic E-state index is 12.2. The van der Waals surface area contributed by atoms with Crippen LogP contribution in [0.5, 0.6) is 11.5 Å². The number of benzene rings is 1. The number of amides is 1. The molecule has 1 aromatic carbocycles. The van der Waals surface area contributed by atoms with Crippen LogP contribution in [0.1, 0.15) is 32.6 Å². The van der Waals surface area contributed by atoms with Crippen molar-refractivity contribution in [2.75, 3.05) is 57.6 Å². The summed E-state index contributed by atoms with van der Waals surface area (Å²) in [6, 6.07) is 3.57. The average molecular weight is 418 g/mol. The van der Waals surface area contributed by atoms with Gasteiger partial charge in [0, 0.05) is 37.6 Å². The van der Waals surface area contributed by atoms with E-state index in [0.717, 1.165) is 19.3 Å². The van der Waals surface area contributed by atoms with Gasteiger partial charge >= 0.3 is 6.09 Å². The summed E-state index contributed by atoms with van der Waals surface area (Å²) in [6.45, 7) is 4.98. The van der Waals surface area contributed by atoms with Crippen molar-refractivity contribution >= 4 is 28.8 Å². The van der Waals surface area contributed by atoms with Crippen molar-refractivity contribution in [2.24, 2.45) is 0 Å². The number of rotatable bonds is 8. The summed E-state index contributed by atoms with van der Waals surface area (Å²) in [5, 5.41) is 0.710. The van der Waals surface area contributed by atoms with Gasteiger partial charge in [0.1, 0.15) is 5.82 Å². The number of fused-ring (bicyclic) bond motifs is 1. The van der Waals surface area contributed by atoms with E-state index in [1.54, 1.807) is 31.3 Å². The van der Waals surface area contributed by atoms with Gasteiger partial charge in [0.2, 0.25) is 5.95 Å². The number of hydrogen-bond acceptors (Lipinski definition) is 8. The normalized spacial score (nSPS) is 14.1. The third-order valence-electron chi connectivity index (χ3n) is 5.26. The van der Waals surface area contributed by atoms with E-state index in [1.807, 2.05) is 4.90 Å². The van der Waals surface area contributed by atoms with Crippen LogP contribution in [-0.2, 0) is 4.74 Å². The maximum Gasteiger partial charge on any atom is 0.409 e. The number of nitrogens with zero attached hydrogens (tertiary/aromatic N) is 4. The fourth-order valence-corrected chi connectivity index (χ4v) is 3.48. The summed E-state index contributed by atoms with van der Waals surface area (Å²) in [5.74, 6) is 2.08. The number of anilines is 2. The van der Waals surface area contributed by atoms with Gasteiger partial charge in [0.15, 0.2) is 11.5 Å². The van der Waals surface area contributed by atoms with E-state index in [1.165, 1.54) is 6.42 Å². The molecule has 0 unspecified atom stereocenters. The zero-order valence-corrected chi connectivity index (χ0v) is 18.0. The number of hydrogen-bond donors (Lipinski definition) is 1. The van der Waals surface area contributed by atoms with Gasteiger partial charge in [-0.25, -0.2) is 9.78 Å². The van der Waals surface area contributed by atoms with Crippen molar-refractivity contribution < 1.29 is 19.0 Å². The summed E-state index contributed by atoms with van der Waals surface area (Å²) in [5.41, 5.74) is 6.87. The Kier molecular flexibility index (Phi) is 7.37. The largest absolute Gasteiger partial charge is 0.493 e. The summed E-state index contributed by atoms with van der Waals surface area (Å²) < 4.78 is 16.1. The number of methoxy groups -OCH3 is 2. The van der Waals surface area contributed by atoms with E-state index >= 15 is 0 Å².